The lowest BCUT2D eigenvalue weighted by molar-refractivity contribution is 0.158. The molecule has 0 bridgehead atoms. The minimum Gasteiger partial charge on any atom is -0.469 e. The third-order valence-electron chi connectivity index (χ3n) is 5.98. The summed E-state index contributed by atoms with van der Waals surface area (Å²) >= 11 is 0. The van der Waals surface area contributed by atoms with E-state index >= 15 is 0 Å². The van der Waals surface area contributed by atoms with E-state index in [9.17, 15) is 0 Å². The second kappa shape index (κ2) is 7.25. The summed E-state index contributed by atoms with van der Waals surface area (Å²) in [6, 6.07) is 4.43. The first-order chi connectivity index (χ1) is 11.8. The molecule has 25 heavy (non-hydrogen) atoms. The Morgan fingerprint density at radius 2 is 2.16 bits per heavy atom. The molecule has 0 spiro atoms. The standard InChI is InChI=1S/C19H33N3O2Si/c1-19(2,3)25(4,5)24-13-12-21-11-7-8-16(14-21)22-15-23-17-9-6-10-20-18(17)22/h6,9-10,16H,7-8,11-15H2,1-5H3/t16-/m1/s1. The molecule has 6 heteroatoms. The second-order valence-corrected chi connectivity index (χ2v) is 13.6. The van der Waals surface area contributed by atoms with Crippen LogP contribution in [0.5, 0.6) is 5.75 Å². The Bertz CT molecular complexity index is 588. The van der Waals surface area contributed by atoms with Gasteiger partial charge in [0.25, 0.3) is 0 Å². The summed E-state index contributed by atoms with van der Waals surface area (Å²) in [5.41, 5.74) is 0. The van der Waals surface area contributed by atoms with E-state index in [1.165, 1.54) is 19.4 Å². The van der Waals surface area contributed by atoms with Gasteiger partial charge in [0.05, 0.1) is 0 Å². The second-order valence-electron chi connectivity index (χ2n) is 8.77. The normalized spacial score (nSPS) is 22.0. The van der Waals surface area contributed by atoms with Gasteiger partial charge >= 0.3 is 0 Å². The number of anilines is 1. The third kappa shape index (κ3) is 4.18. The van der Waals surface area contributed by atoms with Crippen molar-refractivity contribution in [3.05, 3.63) is 18.3 Å². The smallest absolute Gasteiger partial charge is 0.192 e. The van der Waals surface area contributed by atoms with E-state index in [4.69, 9.17) is 9.16 Å². The van der Waals surface area contributed by atoms with Crippen LogP contribution in [0.4, 0.5) is 5.82 Å². The molecule has 1 aromatic rings. The molecule has 5 nitrogen and oxygen atoms in total. The molecule has 140 valence electrons. The number of hydrogen-bond donors (Lipinski definition) is 0. The van der Waals surface area contributed by atoms with Crippen LogP contribution in [0.15, 0.2) is 18.3 Å². The quantitative estimate of drug-likeness (QED) is 0.745. The molecular formula is C19H33N3O2Si. The van der Waals surface area contributed by atoms with E-state index in [0.717, 1.165) is 31.3 Å². The average molecular weight is 364 g/mol. The van der Waals surface area contributed by atoms with Crippen LogP contribution in [0, 0.1) is 0 Å². The summed E-state index contributed by atoms with van der Waals surface area (Å²) in [6.45, 7) is 16.3. The monoisotopic (exact) mass is 363 g/mol. The molecule has 2 aliphatic rings. The van der Waals surface area contributed by atoms with Crippen molar-refractivity contribution in [2.75, 3.05) is 37.9 Å². The lowest BCUT2D eigenvalue weighted by atomic mass is 10.0. The Labute approximate surface area is 153 Å². The zero-order chi connectivity index (χ0) is 18.1. The zero-order valence-corrected chi connectivity index (χ0v) is 17.4. The Balaban J connectivity index is 1.53. The fourth-order valence-electron chi connectivity index (χ4n) is 3.32. The number of likely N-dealkylation sites (tertiary alicyclic amines) is 1. The van der Waals surface area contributed by atoms with Crippen molar-refractivity contribution in [2.45, 2.75) is 57.8 Å². The van der Waals surface area contributed by atoms with Gasteiger partial charge in [0, 0.05) is 31.9 Å². The van der Waals surface area contributed by atoms with Crippen molar-refractivity contribution in [3.8, 4) is 5.75 Å². The highest BCUT2D eigenvalue weighted by Gasteiger charge is 2.37. The molecular weight excluding hydrogens is 330 g/mol. The molecule has 0 saturated carbocycles. The number of ether oxygens (including phenoxy) is 1. The highest BCUT2D eigenvalue weighted by atomic mass is 28.4. The van der Waals surface area contributed by atoms with Gasteiger partial charge in [0.15, 0.2) is 26.6 Å². The number of piperidine rings is 1. The van der Waals surface area contributed by atoms with Gasteiger partial charge in [-0.2, -0.15) is 0 Å². The van der Waals surface area contributed by atoms with Crippen molar-refractivity contribution >= 4 is 14.1 Å². The highest BCUT2D eigenvalue weighted by molar-refractivity contribution is 6.74. The largest absolute Gasteiger partial charge is 0.469 e. The summed E-state index contributed by atoms with van der Waals surface area (Å²) in [5.74, 6) is 1.92. The Morgan fingerprint density at radius 3 is 2.92 bits per heavy atom. The van der Waals surface area contributed by atoms with Gasteiger partial charge in [-0.1, -0.05) is 20.8 Å². The van der Waals surface area contributed by atoms with Crippen molar-refractivity contribution in [3.63, 3.8) is 0 Å². The van der Waals surface area contributed by atoms with Gasteiger partial charge in [-0.15, -0.1) is 0 Å². The van der Waals surface area contributed by atoms with Gasteiger partial charge in [-0.25, -0.2) is 4.98 Å². The van der Waals surface area contributed by atoms with Gasteiger partial charge in [0.2, 0.25) is 0 Å². The van der Waals surface area contributed by atoms with Crippen LogP contribution in [-0.4, -0.2) is 57.2 Å². The number of nitrogens with zero attached hydrogens (tertiary/aromatic N) is 3. The van der Waals surface area contributed by atoms with Crippen molar-refractivity contribution in [1.82, 2.24) is 9.88 Å². The number of hydrogen-bond acceptors (Lipinski definition) is 5. The maximum absolute atomic E-state index is 6.36. The summed E-state index contributed by atoms with van der Waals surface area (Å²) in [7, 11) is -1.65. The number of pyridine rings is 1. The molecule has 0 unspecified atom stereocenters. The third-order valence-corrected chi connectivity index (χ3v) is 10.5. The molecule has 0 aromatic carbocycles. The minimum atomic E-state index is -1.65. The van der Waals surface area contributed by atoms with Crippen LogP contribution in [-0.2, 0) is 4.43 Å². The first-order valence-electron chi connectivity index (χ1n) is 9.49. The molecule has 0 radical (unpaired) electrons. The van der Waals surface area contributed by atoms with Crippen LogP contribution >= 0.6 is 0 Å². The summed E-state index contributed by atoms with van der Waals surface area (Å²) in [4.78, 5) is 9.40. The van der Waals surface area contributed by atoms with Crippen LogP contribution in [0.1, 0.15) is 33.6 Å². The maximum Gasteiger partial charge on any atom is 0.192 e. The fourth-order valence-corrected chi connectivity index (χ4v) is 4.36. The predicted molar refractivity (Wildman–Crippen MR) is 105 cm³/mol. The van der Waals surface area contributed by atoms with E-state index in [-0.39, 0.29) is 5.04 Å². The lowest BCUT2D eigenvalue weighted by Crippen LogP contribution is -2.49. The Morgan fingerprint density at radius 1 is 1.36 bits per heavy atom. The van der Waals surface area contributed by atoms with Gasteiger partial charge in [-0.05, 0) is 49.7 Å². The SMILES string of the molecule is CC(C)(C)[Si](C)(C)OCCN1CCC[C@@H](N2COc3cccnc32)C1. The van der Waals surface area contributed by atoms with Crippen LogP contribution in [0.2, 0.25) is 18.1 Å². The highest BCUT2D eigenvalue weighted by Crippen LogP contribution is 2.37. The van der Waals surface area contributed by atoms with E-state index in [2.05, 4.69) is 48.6 Å². The zero-order valence-electron chi connectivity index (χ0n) is 16.4. The van der Waals surface area contributed by atoms with Gasteiger partial charge in [0.1, 0.15) is 0 Å². The summed E-state index contributed by atoms with van der Waals surface area (Å²) in [5, 5.41) is 0.277. The van der Waals surface area contributed by atoms with Crippen LogP contribution < -0.4 is 9.64 Å². The first-order valence-corrected chi connectivity index (χ1v) is 12.4. The molecule has 1 fully saturated rings. The summed E-state index contributed by atoms with van der Waals surface area (Å²) in [6.07, 6.45) is 4.29. The molecule has 3 heterocycles. The van der Waals surface area contributed by atoms with Gasteiger partial charge < -0.3 is 14.1 Å². The van der Waals surface area contributed by atoms with Crippen molar-refractivity contribution in [2.24, 2.45) is 0 Å². The maximum atomic E-state index is 6.36. The van der Waals surface area contributed by atoms with E-state index < -0.39 is 8.32 Å². The van der Waals surface area contributed by atoms with Crippen molar-refractivity contribution < 1.29 is 9.16 Å². The number of fused-ring (bicyclic) bond motifs is 1. The molecule has 1 saturated heterocycles. The fraction of sp³-hybridized carbons (Fsp3) is 0.737. The number of aromatic nitrogens is 1. The average Bonchev–Trinajstić information content (AvgIpc) is 2.98. The molecule has 1 aromatic heterocycles. The predicted octanol–water partition coefficient (Wildman–Crippen LogP) is 3.72. The van der Waals surface area contributed by atoms with Gasteiger partial charge in [-0.3, -0.25) is 4.90 Å². The molecule has 0 amide bonds. The molecule has 2 aliphatic heterocycles. The Kier molecular flexibility index (Phi) is 5.41. The first kappa shape index (κ1) is 18.7. The van der Waals surface area contributed by atoms with Crippen molar-refractivity contribution in [1.29, 1.82) is 0 Å². The Hall–Kier alpha value is -1.11. The minimum absolute atomic E-state index is 0.277. The topological polar surface area (TPSA) is 37.8 Å². The molecule has 0 aliphatic carbocycles. The van der Waals surface area contributed by atoms with Crippen LogP contribution in [0.3, 0.4) is 0 Å². The van der Waals surface area contributed by atoms with E-state index in [0.29, 0.717) is 12.8 Å². The summed E-state index contributed by atoms with van der Waals surface area (Å²) < 4.78 is 12.1. The number of rotatable bonds is 5. The van der Waals surface area contributed by atoms with E-state index in [1.807, 2.05) is 18.3 Å². The molecule has 1 atom stereocenters. The van der Waals surface area contributed by atoms with Crippen LogP contribution in [0.25, 0.3) is 0 Å². The molecule has 3 rings (SSSR count). The van der Waals surface area contributed by atoms with E-state index in [1.54, 1.807) is 0 Å². The molecule has 0 N–H and O–H groups in total. The lowest BCUT2D eigenvalue weighted by Gasteiger charge is -2.39.